The Morgan fingerprint density at radius 2 is 1.95 bits per heavy atom. The molecule has 3 N–H and O–H groups in total. The van der Waals surface area contributed by atoms with Gasteiger partial charge in [0, 0.05) is 6.54 Å². The first kappa shape index (κ1) is 15.0. The van der Waals surface area contributed by atoms with Crippen LogP contribution in [0.2, 0.25) is 0 Å². The lowest BCUT2D eigenvalue weighted by molar-refractivity contribution is -0.120. The second-order valence-corrected chi connectivity index (χ2v) is 5.87. The summed E-state index contributed by atoms with van der Waals surface area (Å²) in [5.41, 5.74) is 4.47. The lowest BCUT2D eigenvalue weighted by atomic mass is 10.0. The fourth-order valence-corrected chi connectivity index (χ4v) is 2.74. The first-order valence-corrected chi connectivity index (χ1v) is 7.47. The molecule has 0 aliphatic carbocycles. The molecule has 1 heterocycles. The molecule has 1 aromatic carbocycles. The van der Waals surface area contributed by atoms with Gasteiger partial charge < -0.3 is 0 Å². The van der Waals surface area contributed by atoms with Crippen LogP contribution in [0, 0.1) is 5.92 Å². The Labute approximate surface area is 121 Å². The molecule has 2 rings (SSSR count). The van der Waals surface area contributed by atoms with E-state index in [1.54, 1.807) is 0 Å². The monoisotopic (exact) mass is 275 g/mol. The number of carbonyl (C=O) groups excluding carboxylic acids is 1. The second kappa shape index (κ2) is 7.41. The van der Waals surface area contributed by atoms with Crippen molar-refractivity contribution in [3.8, 4) is 0 Å². The first-order valence-electron chi connectivity index (χ1n) is 7.47. The third-order valence-electron chi connectivity index (χ3n) is 4.06. The van der Waals surface area contributed by atoms with Crippen LogP contribution in [0.15, 0.2) is 24.3 Å². The lowest BCUT2D eigenvalue weighted by Gasteiger charge is -2.20. The van der Waals surface area contributed by atoms with Crippen LogP contribution in [-0.2, 0) is 17.8 Å². The van der Waals surface area contributed by atoms with Crippen LogP contribution >= 0.6 is 0 Å². The summed E-state index contributed by atoms with van der Waals surface area (Å²) in [4.78, 5) is 13.7. The zero-order valence-corrected chi connectivity index (χ0v) is 12.3. The molecule has 0 radical (unpaired) electrons. The number of hydrogen-bond acceptors (Lipinski definition) is 3. The summed E-state index contributed by atoms with van der Waals surface area (Å²) < 4.78 is 0. The molecule has 1 unspecified atom stereocenters. The average Bonchev–Trinajstić information content (AvgIpc) is 2.66. The Kier molecular flexibility index (Phi) is 5.56. The molecule has 1 atom stereocenters. The van der Waals surface area contributed by atoms with Crippen molar-refractivity contribution in [2.45, 2.75) is 39.2 Å². The molecule has 110 valence electrons. The molecule has 0 bridgehead atoms. The van der Waals surface area contributed by atoms with Gasteiger partial charge in [-0.3, -0.25) is 15.1 Å². The van der Waals surface area contributed by atoms with Crippen LogP contribution < -0.4 is 11.3 Å². The van der Waals surface area contributed by atoms with E-state index in [9.17, 15) is 4.79 Å². The number of amides is 1. The molecule has 1 aliphatic rings. The van der Waals surface area contributed by atoms with Gasteiger partial charge in [0.05, 0.1) is 6.42 Å². The highest BCUT2D eigenvalue weighted by Crippen LogP contribution is 2.18. The summed E-state index contributed by atoms with van der Waals surface area (Å²) in [5.74, 6) is 5.80. The van der Waals surface area contributed by atoms with E-state index in [4.69, 9.17) is 5.84 Å². The SMILES string of the molecule is CC1CCCN(Cc2ccc(CC(=O)NN)cc2)CC1. The Hall–Kier alpha value is -1.39. The fourth-order valence-electron chi connectivity index (χ4n) is 2.74. The van der Waals surface area contributed by atoms with Gasteiger partial charge in [-0.25, -0.2) is 5.84 Å². The summed E-state index contributed by atoms with van der Waals surface area (Å²) in [5, 5.41) is 0. The molecule has 1 aliphatic heterocycles. The van der Waals surface area contributed by atoms with Crippen molar-refractivity contribution >= 4 is 5.91 Å². The first-order chi connectivity index (χ1) is 9.67. The van der Waals surface area contributed by atoms with Crippen LogP contribution in [0.3, 0.4) is 0 Å². The number of carbonyl (C=O) groups is 1. The number of benzene rings is 1. The molecule has 0 saturated carbocycles. The van der Waals surface area contributed by atoms with Crippen LogP contribution in [0.25, 0.3) is 0 Å². The highest BCUT2D eigenvalue weighted by atomic mass is 16.2. The molecule has 4 heteroatoms. The van der Waals surface area contributed by atoms with Crippen LogP contribution in [-0.4, -0.2) is 23.9 Å². The van der Waals surface area contributed by atoms with Gasteiger partial charge in [-0.05, 0) is 49.4 Å². The smallest absolute Gasteiger partial charge is 0.238 e. The molecule has 4 nitrogen and oxygen atoms in total. The van der Waals surface area contributed by atoms with Gasteiger partial charge in [-0.15, -0.1) is 0 Å². The normalized spacial score (nSPS) is 20.4. The summed E-state index contributed by atoms with van der Waals surface area (Å²) >= 11 is 0. The molecule has 1 amide bonds. The van der Waals surface area contributed by atoms with Crippen LogP contribution in [0.4, 0.5) is 0 Å². The third-order valence-corrected chi connectivity index (χ3v) is 4.06. The minimum Gasteiger partial charge on any atom is -0.299 e. The number of hydrazine groups is 1. The molecule has 20 heavy (non-hydrogen) atoms. The second-order valence-electron chi connectivity index (χ2n) is 5.87. The Balaban J connectivity index is 1.88. The summed E-state index contributed by atoms with van der Waals surface area (Å²) in [6.07, 6.45) is 4.30. The lowest BCUT2D eigenvalue weighted by Crippen LogP contribution is -2.31. The van der Waals surface area contributed by atoms with Gasteiger partial charge in [-0.1, -0.05) is 31.2 Å². The van der Waals surface area contributed by atoms with E-state index in [0.29, 0.717) is 6.42 Å². The van der Waals surface area contributed by atoms with Gasteiger partial charge in [0.1, 0.15) is 0 Å². The number of hydrogen-bond donors (Lipinski definition) is 2. The summed E-state index contributed by atoms with van der Waals surface area (Å²) in [6, 6.07) is 8.27. The van der Waals surface area contributed by atoms with E-state index in [2.05, 4.69) is 29.4 Å². The zero-order chi connectivity index (χ0) is 14.4. The molecule has 0 aromatic heterocycles. The zero-order valence-electron chi connectivity index (χ0n) is 12.3. The Bertz CT molecular complexity index is 430. The molecule has 1 fully saturated rings. The van der Waals surface area contributed by atoms with E-state index in [1.807, 2.05) is 12.1 Å². The fraction of sp³-hybridized carbons (Fsp3) is 0.562. The van der Waals surface area contributed by atoms with Crippen molar-refractivity contribution in [2.75, 3.05) is 13.1 Å². The van der Waals surface area contributed by atoms with Gasteiger partial charge in [0.25, 0.3) is 0 Å². The standard InChI is InChI=1S/C16H25N3O/c1-13-3-2-9-19(10-8-13)12-15-6-4-14(5-7-15)11-16(20)18-17/h4-7,13H,2-3,8-12,17H2,1H3,(H,18,20). The molecular formula is C16H25N3O. The quantitative estimate of drug-likeness (QED) is 0.501. The number of nitrogens with two attached hydrogens (primary N) is 1. The van der Waals surface area contributed by atoms with Gasteiger partial charge >= 0.3 is 0 Å². The average molecular weight is 275 g/mol. The largest absolute Gasteiger partial charge is 0.299 e. The van der Waals surface area contributed by atoms with E-state index >= 15 is 0 Å². The van der Waals surface area contributed by atoms with Crippen molar-refractivity contribution in [2.24, 2.45) is 11.8 Å². The van der Waals surface area contributed by atoms with E-state index in [0.717, 1.165) is 18.0 Å². The van der Waals surface area contributed by atoms with Gasteiger partial charge in [0.15, 0.2) is 0 Å². The maximum atomic E-state index is 11.2. The number of nitrogens with zero attached hydrogens (tertiary/aromatic N) is 1. The number of likely N-dealkylation sites (tertiary alicyclic amines) is 1. The minimum absolute atomic E-state index is 0.153. The highest BCUT2D eigenvalue weighted by molar-refractivity contribution is 5.77. The third kappa shape index (κ3) is 4.62. The van der Waals surface area contributed by atoms with Crippen molar-refractivity contribution in [3.05, 3.63) is 35.4 Å². The van der Waals surface area contributed by atoms with Gasteiger partial charge in [-0.2, -0.15) is 0 Å². The summed E-state index contributed by atoms with van der Waals surface area (Å²) in [7, 11) is 0. The summed E-state index contributed by atoms with van der Waals surface area (Å²) in [6.45, 7) is 5.75. The molecule has 1 aromatic rings. The topological polar surface area (TPSA) is 58.4 Å². The van der Waals surface area contributed by atoms with Crippen molar-refractivity contribution < 1.29 is 4.79 Å². The van der Waals surface area contributed by atoms with Crippen molar-refractivity contribution in [1.29, 1.82) is 0 Å². The molecule has 1 saturated heterocycles. The minimum atomic E-state index is -0.153. The van der Waals surface area contributed by atoms with Crippen LogP contribution in [0.1, 0.15) is 37.3 Å². The van der Waals surface area contributed by atoms with Crippen molar-refractivity contribution in [1.82, 2.24) is 10.3 Å². The van der Waals surface area contributed by atoms with Crippen LogP contribution in [0.5, 0.6) is 0 Å². The van der Waals surface area contributed by atoms with E-state index in [1.165, 1.54) is 37.9 Å². The predicted molar refractivity (Wildman–Crippen MR) is 80.8 cm³/mol. The number of nitrogens with one attached hydrogen (secondary N) is 1. The van der Waals surface area contributed by atoms with E-state index < -0.39 is 0 Å². The highest BCUT2D eigenvalue weighted by Gasteiger charge is 2.13. The van der Waals surface area contributed by atoms with Gasteiger partial charge in [0.2, 0.25) is 5.91 Å². The van der Waals surface area contributed by atoms with E-state index in [-0.39, 0.29) is 5.91 Å². The Morgan fingerprint density at radius 1 is 1.25 bits per heavy atom. The predicted octanol–water partition coefficient (Wildman–Crippen LogP) is 1.84. The maximum Gasteiger partial charge on any atom is 0.238 e. The number of rotatable bonds is 4. The molecular weight excluding hydrogens is 250 g/mol. The maximum absolute atomic E-state index is 11.2. The molecule has 0 spiro atoms. The van der Waals surface area contributed by atoms with Crippen molar-refractivity contribution in [3.63, 3.8) is 0 Å². The Morgan fingerprint density at radius 3 is 2.65 bits per heavy atom.